The standard InChI is InChI=1S/C7H6NOS.U/c8-4-3-6(9)7-2-1-5-10-7;/h1-2,6,9H,3H2;/q-1;/t6-;/m0./s1. The van der Waals surface area contributed by atoms with Gasteiger partial charge < -0.3 is 5.11 Å². The Labute approximate surface area is 93.2 Å². The van der Waals surface area contributed by atoms with E-state index in [1.54, 1.807) is 12.1 Å². The van der Waals surface area contributed by atoms with E-state index >= 15 is 0 Å². The number of aliphatic hydroxyl groups is 1. The molecular weight excluding hydrogens is 384 g/mol. The van der Waals surface area contributed by atoms with Crippen LogP contribution < -0.4 is 0 Å². The topological polar surface area (TPSA) is 44.0 Å². The second-order valence-electron chi connectivity index (χ2n) is 1.83. The number of hydrogen-bond acceptors (Lipinski definition) is 3. The molecule has 4 heteroatoms. The van der Waals surface area contributed by atoms with Gasteiger partial charge in [0.15, 0.2) is 0 Å². The first-order chi connectivity index (χ1) is 4.84. The Hall–Kier alpha value is 0.202. The van der Waals surface area contributed by atoms with Crippen molar-refractivity contribution in [2.45, 2.75) is 12.5 Å². The number of thiophene rings is 1. The molecule has 0 saturated heterocycles. The fourth-order valence-electron chi connectivity index (χ4n) is 0.618. The summed E-state index contributed by atoms with van der Waals surface area (Å²) in [7, 11) is 0. The second-order valence-corrected chi connectivity index (χ2v) is 2.74. The minimum atomic E-state index is -0.624. The smallest absolute Gasteiger partial charge is 0.0641 e. The summed E-state index contributed by atoms with van der Waals surface area (Å²) in [6.45, 7) is 0. The second kappa shape index (κ2) is 5.80. The molecular formula is C7H6NOSU-. The van der Waals surface area contributed by atoms with Gasteiger partial charge in [-0.25, -0.2) is 0 Å². The third kappa shape index (κ3) is 3.40. The van der Waals surface area contributed by atoms with E-state index in [0.29, 0.717) is 0 Å². The molecule has 11 heavy (non-hydrogen) atoms. The molecule has 2 nitrogen and oxygen atoms in total. The van der Waals surface area contributed by atoms with Gasteiger partial charge in [-0.2, -0.15) is 17.4 Å². The molecule has 0 fully saturated rings. The molecule has 1 heterocycles. The van der Waals surface area contributed by atoms with E-state index in [1.807, 2.05) is 6.07 Å². The van der Waals surface area contributed by atoms with Crippen LogP contribution in [-0.4, -0.2) is 5.11 Å². The van der Waals surface area contributed by atoms with Crippen molar-refractivity contribution < 1.29 is 36.2 Å². The van der Waals surface area contributed by atoms with E-state index in [0.717, 1.165) is 4.88 Å². The summed E-state index contributed by atoms with van der Waals surface area (Å²) in [5.74, 6) is 0. The predicted octanol–water partition coefficient (Wildman–Crippen LogP) is 1.50. The largest absolute Gasteiger partial charge is 0.400 e. The first-order valence-corrected chi connectivity index (χ1v) is 3.67. The van der Waals surface area contributed by atoms with E-state index in [2.05, 4.69) is 5.38 Å². The molecule has 1 N–H and O–H groups in total. The molecule has 0 bridgehead atoms. The van der Waals surface area contributed by atoms with Crippen LogP contribution in [0, 0.1) is 47.8 Å². The molecule has 0 aliphatic heterocycles. The molecule has 0 unspecified atom stereocenters. The average molecular weight is 390 g/mol. The van der Waals surface area contributed by atoms with Gasteiger partial charge in [0.05, 0.1) is 12.5 Å². The van der Waals surface area contributed by atoms with Crippen molar-refractivity contribution in [2.75, 3.05) is 0 Å². The summed E-state index contributed by atoms with van der Waals surface area (Å²) in [5.41, 5.74) is 0. The molecule has 1 atom stereocenters. The Morgan fingerprint density at radius 2 is 2.55 bits per heavy atom. The van der Waals surface area contributed by atoms with Gasteiger partial charge in [-0.05, 0) is 0 Å². The summed E-state index contributed by atoms with van der Waals surface area (Å²) in [6.07, 6.45) is -0.463. The Balaban J connectivity index is 0.000001000. The van der Waals surface area contributed by atoms with Crippen LogP contribution in [0.25, 0.3) is 0 Å². The van der Waals surface area contributed by atoms with Gasteiger partial charge in [0, 0.05) is 37.2 Å². The summed E-state index contributed by atoms with van der Waals surface area (Å²) in [4.78, 5) is 0.807. The SMILES string of the molecule is N#CC[C@H](O)c1cc[c-]s1.[U]. The average Bonchev–Trinajstić information content (AvgIpc) is 2.38. The molecule has 1 rings (SSSR count). The summed E-state index contributed by atoms with van der Waals surface area (Å²) < 4.78 is 0. The molecule has 0 aliphatic rings. The summed E-state index contributed by atoms with van der Waals surface area (Å²) in [5, 5.41) is 20.2. The van der Waals surface area contributed by atoms with Crippen molar-refractivity contribution in [3.8, 4) is 6.07 Å². The van der Waals surface area contributed by atoms with Crippen molar-refractivity contribution in [1.29, 1.82) is 5.26 Å². The molecule has 56 valence electrons. The third-order valence-corrected chi connectivity index (χ3v) is 2.00. The van der Waals surface area contributed by atoms with Crippen LogP contribution in [0.5, 0.6) is 0 Å². The Morgan fingerprint density at radius 3 is 3.00 bits per heavy atom. The van der Waals surface area contributed by atoms with E-state index in [4.69, 9.17) is 5.26 Å². The van der Waals surface area contributed by atoms with Gasteiger partial charge in [0.2, 0.25) is 0 Å². The zero-order valence-electron chi connectivity index (χ0n) is 5.74. The Kier molecular flexibility index (Phi) is 5.91. The zero-order valence-corrected chi connectivity index (χ0v) is 10.7. The molecule has 0 saturated carbocycles. The monoisotopic (exact) mass is 390 g/mol. The Bertz CT molecular complexity index is 229. The van der Waals surface area contributed by atoms with Crippen LogP contribution >= 0.6 is 11.3 Å². The molecule has 0 spiro atoms. The number of rotatable bonds is 2. The zero-order chi connectivity index (χ0) is 7.40. The molecule has 1 aromatic heterocycles. The van der Waals surface area contributed by atoms with Crippen molar-refractivity contribution in [1.82, 2.24) is 0 Å². The van der Waals surface area contributed by atoms with Gasteiger partial charge >= 0.3 is 0 Å². The van der Waals surface area contributed by atoms with Crippen LogP contribution in [0.4, 0.5) is 0 Å². The third-order valence-electron chi connectivity index (χ3n) is 1.11. The molecule has 0 radical (unpaired) electrons. The minimum Gasteiger partial charge on any atom is -0.400 e. The maximum absolute atomic E-state index is 9.18. The fourth-order valence-corrected chi connectivity index (χ4v) is 1.25. The van der Waals surface area contributed by atoms with E-state index in [-0.39, 0.29) is 37.5 Å². The van der Waals surface area contributed by atoms with Crippen LogP contribution in [0.2, 0.25) is 0 Å². The normalized spacial score (nSPS) is 11.3. The van der Waals surface area contributed by atoms with Gasteiger partial charge in [0.1, 0.15) is 0 Å². The van der Waals surface area contributed by atoms with Gasteiger partial charge in [-0.1, -0.05) is 0 Å². The fraction of sp³-hybridized carbons (Fsp3) is 0.286. The first kappa shape index (κ1) is 11.2. The minimum absolute atomic E-state index is 0. The van der Waals surface area contributed by atoms with Gasteiger partial charge in [0.25, 0.3) is 0 Å². The van der Waals surface area contributed by atoms with Gasteiger partial charge in [-0.15, -0.1) is 10.3 Å². The van der Waals surface area contributed by atoms with Crippen molar-refractivity contribution in [3.05, 3.63) is 22.4 Å². The quantitative estimate of drug-likeness (QED) is 0.778. The molecule has 0 aliphatic carbocycles. The summed E-state index contributed by atoms with van der Waals surface area (Å²) in [6, 6.07) is 5.41. The number of nitrogens with zero attached hydrogens (tertiary/aromatic N) is 1. The van der Waals surface area contributed by atoms with Crippen LogP contribution in [-0.2, 0) is 0 Å². The van der Waals surface area contributed by atoms with Crippen molar-refractivity contribution in [3.63, 3.8) is 0 Å². The number of hydrogen-bond donors (Lipinski definition) is 1. The van der Waals surface area contributed by atoms with Gasteiger partial charge in [-0.3, -0.25) is 11.3 Å². The van der Waals surface area contributed by atoms with Crippen molar-refractivity contribution >= 4 is 11.3 Å². The first-order valence-electron chi connectivity index (χ1n) is 2.85. The summed E-state index contributed by atoms with van der Waals surface area (Å²) >= 11 is 1.34. The maximum Gasteiger partial charge on any atom is 0.0641 e. The van der Waals surface area contributed by atoms with Crippen molar-refractivity contribution in [2.24, 2.45) is 0 Å². The number of nitriles is 1. The molecule has 1 aromatic rings. The number of aliphatic hydroxyl groups excluding tert-OH is 1. The van der Waals surface area contributed by atoms with E-state index in [9.17, 15) is 5.11 Å². The van der Waals surface area contributed by atoms with E-state index < -0.39 is 6.10 Å². The van der Waals surface area contributed by atoms with Crippen LogP contribution in [0.1, 0.15) is 17.4 Å². The maximum atomic E-state index is 9.18. The molecule has 0 amide bonds. The van der Waals surface area contributed by atoms with Crippen LogP contribution in [0.3, 0.4) is 0 Å². The molecule has 0 aromatic carbocycles. The van der Waals surface area contributed by atoms with E-state index in [1.165, 1.54) is 11.3 Å². The predicted molar refractivity (Wildman–Crippen MR) is 38.3 cm³/mol. The Morgan fingerprint density at radius 1 is 1.82 bits per heavy atom. The van der Waals surface area contributed by atoms with Crippen LogP contribution in [0.15, 0.2) is 12.1 Å².